The molecule has 0 fully saturated rings. The van der Waals surface area contributed by atoms with Crippen molar-refractivity contribution in [1.82, 2.24) is 0 Å². The van der Waals surface area contributed by atoms with Gasteiger partial charge in [0.1, 0.15) is 0 Å². The van der Waals surface area contributed by atoms with E-state index in [2.05, 4.69) is 50.0 Å². The molecular weight excluding hydrogens is 172 g/mol. The van der Waals surface area contributed by atoms with E-state index in [-0.39, 0.29) is 0 Å². The van der Waals surface area contributed by atoms with Crippen LogP contribution in [0.1, 0.15) is 6.42 Å². The Morgan fingerprint density at radius 1 is 1.08 bits per heavy atom. The Bertz CT molecular complexity index is 435. The highest BCUT2D eigenvalue weighted by Crippen LogP contribution is 2.19. The molecule has 0 heterocycles. The van der Waals surface area contributed by atoms with Crippen molar-refractivity contribution >= 4 is 19.3 Å². The van der Waals surface area contributed by atoms with Crippen molar-refractivity contribution in [3.8, 4) is 0 Å². The molecule has 0 amide bonds. The van der Waals surface area contributed by atoms with Crippen molar-refractivity contribution in [3.05, 3.63) is 34.7 Å². The Balaban J connectivity index is 2.75. The summed E-state index contributed by atoms with van der Waals surface area (Å²) < 4.78 is 0. The number of hydrogen-bond donors (Lipinski definition) is 0. The lowest BCUT2D eigenvalue weighted by Gasteiger charge is -2.17. The van der Waals surface area contributed by atoms with Crippen LogP contribution < -0.4 is 10.4 Å². The van der Waals surface area contributed by atoms with E-state index in [0.717, 1.165) is 0 Å². The van der Waals surface area contributed by atoms with E-state index < -0.39 is 8.07 Å². The smallest absolute Gasteiger partial charge is 0.0730 e. The van der Waals surface area contributed by atoms with Gasteiger partial charge in [-0.2, -0.15) is 0 Å². The van der Waals surface area contributed by atoms with Gasteiger partial charge in [-0.15, -0.1) is 0 Å². The fraction of sp³-hybridized carbons (Fsp3) is 0.333. The molecule has 0 bridgehead atoms. The zero-order valence-corrected chi connectivity index (χ0v) is 9.59. The van der Waals surface area contributed by atoms with Crippen LogP contribution in [0.5, 0.6) is 0 Å². The Morgan fingerprint density at radius 3 is 2.46 bits per heavy atom. The standard InChI is InChI=1S/C12H16Si/c1-13(2,3)12-9-8-10-6-4-5-7-11(10)12/h4-8H,9H2,1-3H3. The quantitative estimate of drug-likeness (QED) is 0.591. The first-order valence-corrected chi connectivity index (χ1v) is 8.38. The van der Waals surface area contributed by atoms with Crippen molar-refractivity contribution in [1.29, 1.82) is 0 Å². The summed E-state index contributed by atoms with van der Waals surface area (Å²) >= 11 is 0. The molecule has 1 aromatic carbocycles. The van der Waals surface area contributed by atoms with Crippen LogP contribution >= 0.6 is 0 Å². The van der Waals surface area contributed by atoms with Crippen LogP contribution in [-0.4, -0.2) is 8.07 Å². The normalized spacial score (nSPS) is 15.5. The summed E-state index contributed by atoms with van der Waals surface area (Å²) in [6.45, 7) is 7.29. The van der Waals surface area contributed by atoms with E-state index in [0.29, 0.717) is 0 Å². The minimum Gasteiger partial charge on any atom is -0.0730 e. The van der Waals surface area contributed by atoms with Gasteiger partial charge in [-0.05, 0) is 16.9 Å². The molecule has 2 rings (SSSR count). The van der Waals surface area contributed by atoms with Gasteiger partial charge in [-0.25, -0.2) is 0 Å². The molecule has 0 nitrogen and oxygen atoms in total. The Hall–Kier alpha value is -0.823. The summed E-state index contributed by atoms with van der Waals surface area (Å²) in [7, 11) is -1.09. The van der Waals surface area contributed by atoms with E-state index >= 15 is 0 Å². The second-order valence-electron chi connectivity index (χ2n) is 4.72. The fourth-order valence-corrected chi connectivity index (χ4v) is 3.73. The van der Waals surface area contributed by atoms with E-state index in [9.17, 15) is 0 Å². The lowest BCUT2D eigenvalue weighted by Crippen LogP contribution is -2.31. The van der Waals surface area contributed by atoms with Gasteiger partial charge < -0.3 is 0 Å². The van der Waals surface area contributed by atoms with Gasteiger partial charge in [-0.1, -0.05) is 55.2 Å². The zero-order chi connectivity index (χ0) is 9.47. The molecule has 0 saturated heterocycles. The molecule has 0 N–H and O–H groups in total. The molecule has 0 spiro atoms. The topological polar surface area (TPSA) is 0 Å². The highest BCUT2D eigenvalue weighted by Gasteiger charge is 2.21. The van der Waals surface area contributed by atoms with Crippen LogP contribution in [0.25, 0.3) is 11.3 Å². The Labute approximate surface area is 80.6 Å². The Morgan fingerprint density at radius 2 is 1.77 bits per heavy atom. The largest absolute Gasteiger partial charge is 0.0736 e. The van der Waals surface area contributed by atoms with E-state index in [1.807, 2.05) is 0 Å². The van der Waals surface area contributed by atoms with Crippen molar-refractivity contribution in [2.24, 2.45) is 0 Å². The first-order valence-electron chi connectivity index (χ1n) is 4.88. The fourth-order valence-electron chi connectivity index (χ4n) is 1.98. The summed E-state index contributed by atoms with van der Waals surface area (Å²) in [6.07, 6.45) is 3.55. The third-order valence-corrected chi connectivity index (χ3v) is 5.00. The summed E-state index contributed by atoms with van der Waals surface area (Å²) in [4.78, 5) is 0. The SMILES string of the molecule is C[Si](C)(C)C1=c2ccccc2=CC1. The van der Waals surface area contributed by atoms with Crippen LogP contribution in [0.4, 0.5) is 0 Å². The molecule has 13 heavy (non-hydrogen) atoms. The van der Waals surface area contributed by atoms with Crippen molar-refractivity contribution in [2.75, 3.05) is 0 Å². The summed E-state index contributed by atoms with van der Waals surface area (Å²) in [5.74, 6) is 0. The molecule has 0 radical (unpaired) electrons. The second kappa shape index (κ2) is 2.84. The third-order valence-electron chi connectivity index (χ3n) is 2.72. The minimum atomic E-state index is -1.09. The molecule has 1 heteroatoms. The van der Waals surface area contributed by atoms with Crippen LogP contribution in [-0.2, 0) is 0 Å². The number of benzene rings is 1. The maximum atomic E-state index is 2.43. The predicted octanol–water partition coefficient (Wildman–Crippen LogP) is 1.90. The van der Waals surface area contributed by atoms with Gasteiger partial charge in [0.25, 0.3) is 0 Å². The lowest BCUT2D eigenvalue weighted by molar-refractivity contribution is 1.52. The first-order chi connectivity index (χ1) is 6.09. The molecule has 0 atom stereocenters. The molecule has 1 aliphatic rings. The van der Waals surface area contributed by atoms with Crippen LogP contribution in [0.15, 0.2) is 24.3 Å². The molecule has 0 aliphatic heterocycles. The van der Waals surface area contributed by atoms with E-state index in [4.69, 9.17) is 0 Å². The first kappa shape index (κ1) is 8.76. The molecule has 68 valence electrons. The van der Waals surface area contributed by atoms with Gasteiger partial charge in [0, 0.05) is 0 Å². The Kier molecular flexibility index (Phi) is 1.92. The lowest BCUT2D eigenvalue weighted by atomic mass is 10.3. The van der Waals surface area contributed by atoms with Crippen LogP contribution in [0, 0.1) is 0 Å². The molecular formula is C12H16Si. The maximum Gasteiger partial charge on any atom is 0.0736 e. The van der Waals surface area contributed by atoms with Gasteiger partial charge in [0.15, 0.2) is 0 Å². The maximum absolute atomic E-state index is 2.43. The average molecular weight is 188 g/mol. The minimum absolute atomic E-state index is 1.09. The van der Waals surface area contributed by atoms with Crippen molar-refractivity contribution in [3.63, 3.8) is 0 Å². The summed E-state index contributed by atoms with van der Waals surface area (Å²) in [5.41, 5.74) is 0. The van der Waals surface area contributed by atoms with E-state index in [1.165, 1.54) is 16.9 Å². The predicted molar refractivity (Wildman–Crippen MR) is 61.5 cm³/mol. The third kappa shape index (κ3) is 1.48. The monoisotopic (exact) mass is 188 g/mol. The highest BCUT2D eigenvalue weighted by molar-refractivity contribution is 6.92. The molecule has 1 aromatic rings. The molecule has 0 saturated carbocycles. The van der Waals surface area contributed by atoms with Gasteiger partial charge in [0.2, 0.25) is 0 Å². The molecule has 0 aromatic heterocycles. The van der Waals surface area contributed by atoms with Crippen molar-refractivity contribution < 1.29 is 0 Å². The van der Waals surface area contributed by atoms with Crippen molar-refractivity contribution in [2.45, 2.75) is 26.1 Å². The number of fused-ring (bicyclic) bond motifs is 1. The van der Waals surface area contributed by atoms with Crippen LogP contribution in [0.2, 0.25) is 19.6 Å². The number of hydrogen-bond acceptors (Lipinski definition) is 0. The van der Waals surface area contributed by atoms with Gasteiger partial charge in [-0.3, -0.25) is 0 Å². The summed E-state index contributed by atoms with van der Waals surface area (Å²) in [6, 6.07) is 8.77. The number of rotatable bonds is 1. The average Bonchev–Trinajstić information content (AvgIpc) is 2.45. The summed E-state index contributed by atoms with van der Waals surface area (Å²) in [5, 5.41) is 4.67. The van der Waals surface area contributed by atoms with Crippen LogP contribution in [0.3, 0.4) is 0 Å². The molecule has 0 unspecified atom stereocenters. The molecule has 1 aliphatic carbocycles. The zero-order valence-electron chi connectivity index (χ0n) is 8.59. The van der Waals surface area contributed by atoms with Gasteiger partial charge >= 0.3 is 0 Å². The second-order valence-corrected chi connectivity index (χ2v) is 9.83. The van der Waals surface area contributed by atoms with E-state index in [1.54, 1.807) is 5.20 Å². The highest BCUT2D eigenvalue weighted by atomic mass is 28.3. The van der Waals surface area contributed by atoms with Gasteiger partial charge in [0.05, 0.1) is 8.07 Å².